The summed E-state index contributed by atoms with van der Waals surface area (Å²) < 4.78 is 25.5. The Morgan fingerprint density at radius 1 is 0.517 bits per heavy atom. The molecule has 0 aliphatic rings. The van der Waals surface area contributed by atoms with Crippen molar-refractivity contribution < 1.29 is 54.3 Å². The lowest BCUT2D eigenvalue weighted by Crippen LogP contribution is -2.31. The standard InChI is InChI=1S/C18H36O11/c1-2-3-25-6-15(21)7-27-10-17(23)11-29-13-18(24)12-28-9-16(22)8-26-5-14(20)4-19/h2,14-24H,1,3-13H2. The van der Waals surface area contributed by atoms with Gasteiger partial charge in [-0.2, -0.15) is 0 Å². The maximum Gasteiger partial charge on any atom is 0.101 e. The smallest absolute Gasteiger partial charge is 0.101 e. The van der Waals surface area contributed by atoms with Crippen molar-refractivity contribution in [1.29, 1.82) is 0 Å². The van der Waals surface area contributed by atoms with Gasteiger partial charge in [-0.3, -0.25) is 0 Å². The number of aliphatic hydroxyl groups is 6. The molecule has 5 atom stereocenters. The molecule has 174 valence electrons. The average molecular weight is 428 g/mol. The third-order valence-corrected chi connectivity index (χ3v) is 3.24. The van der Waals surface area contributed by atoms with E-state index in [1.54, 1.807) is 6.08 Å². The van der Waals surface area contributed by atoms with E-state index in [1.807, 2.05) is 0 Å². The van der Waals surface area contributed by atoms with E-state index in [0.29, 0.717) is 6.61 Å². The first-order chi connectivity index (χ1) is 13.9. The predicted molar refractivity (Wildman–Crippen MR) is 101 cm³/mol. The van der Waals surface area contributed by atoms with Crippen LogP contribution in [0.2, 0.25) is 0 Å². The van der Waals surface area contributed by atoms with Crippen molar-refractivity contribution in [3.05, 3.63) is 12.7 Å². The minimum Gasteiger partial charge on any atom is -0.394 e. The molecule has 29 heavy (non-hydrogen) atoms. The van der Waals surface area contributed by atoms with Crippen LogP contribution in [0.15, 0.2) is 12.7 Å². The lowest BCUT2D eigenvalue weighted by molar-refractivity contribution is -0.0814. The lowest BCUT2D eigenvalue weighted by Gasteiger charge is -2.17. The van der Waals surface area contributed by atoms with Crippen LogP contribution in [-0.2, 0) is 23.7 Å². The monoisotopic (exact) mass is 428 g/mol. The molecular formula is C18H36O11. The van der Waals surface area contributed by atoms with Crippen molar-refractivity contribution in [2.45, 2.75) is 30.5 Å². The Morgan fingerprint density at radius 2 is 0.793 bits per heavy atom. The number of aliphatic hydroxyl groups excluding tert-OH is 6. The van der Waals surface area contributed by atoms with Gasteiger partial charge in [-0.05, 0) is 0 Å². The zero-order chi connectivity index (χ0) is 21.9. The SMILES string of the molecule is C=CCOCC(O)COCC(O)COCC(O)COCC(O)COCC(O)CO. The van der Waals surface area contributed by atoms with E-state index >= 15 is 0 Å². The summed E-state index contributed by atoms with van der Waals surface area (Å²) in [7, 11) is 0. The van der Waals surface area contributed by atoms with E-state index in [0.717, 1.165) is 0 Å². The Balaban J connectivity index is 3.57. The zero-order valence-electron chi connectivity index (χ0n) is 16.7. The second-order valence-corrected chi connectivity index (χ2v) is 6.43. The quantitative estimate of drug-likeness (QED) is 0.0817. The Kier molecular flexibility index (Phi) is 18.8. The molecule has 0 aromatic carbocycles. The van der Waals surface area contributed by atoms with Crippen molar-refractivity contribution in [3.63, 3.8) is 0 Å². The molecule has 0 aromatic heterocycles. The normalized spacial score (nSPS) is 16.9. The van der Waals surface area contributed by atoms with Crippen molar-refractivity contribution in [2.75, 3.05) is 72.7 Å². The van der Waals surface area contributed by atoms with Crippen LogP contribution < -0.4 is 0 Å². The summed E-state index contributed by atoms with van der Waals surface area (Å²) in [6.45, 7) is 2.99. The number of rotatable bonds is 21. The van der Waals surface area contributed by atoms with Gasteiger partial charge in [-0.15, -0.1) is 6.58 Å². The van der Waals surface area contributed by atoms with Crippen LogP contribution in [0.3, 0.4) is 0 Å². The third-order valence-electron chi connectivity index (χ3n) is 3.24. The van der Waals surface area contributed by atoms with Crippen LogP contribution in [0, 0.1) is 0 Å². The maximum absolute atomic E-state index is 9.72. The van der Waals surface area contributed by atoms with Crippen molar-refractivity contribution in [1.82, 2.24) is 0 Å². The van der Waals surface area contributed by atoms with Gasteiger partial charge in [0, 0.05) is 0 Å². The van der Waals surface area contributed by atoms with Crippen LogP contribution in [0.4, 0.5) is 0 Å². The van der Waals surface area contributed by atoms with E-state index in [1.165, 1.54) is 0 Å². The number of ether oxygens (including phenoxy) is 5. The summed E-state index contributed by atoms with van der Waals surface area (Å²) in [6.07, 6.45) is -3.04. The van der Waals surface area contributed by atoms with Gasteiger partial charge in [-0.1, -0.05) is 6.08 Å². The molecule has 0 radical (unpaired) electrons. The highest BCUT2D eigenvalue weighted by Crippen LogP contribution is 1.96. The molecule has 5 unspecified atom stereocenters. The topological polar surface area (TPSA) is 168 Å². The van der Waals surface area contributed by atoms with E-state index in [4.69, 9.17) is 33.9 Å². The molecule has 0 amide bonds. The molecule has 11 heteroatoms. The lowest BCUT2D eigenvalue weighted by atomic mass is 10.3. The van der Waals surface area contributed by atoms with Gasteiger partial charge >= 0.3 is 0 Å². The van der Waals surface area contributed by atoms with Gasteiger partial charge in [0.25, 0.3) is 0 Å². The predicted octanol–water partition coefficient (Wildman–Crippen LogP) is -2.95. The van der Waals surface area contributed by atoms with E-state index < -0.39 is 37.1 Å². The fourth-order valence-electron chi connectivity index (χ4n) is 1.89. The van der Waals surface area contributed by atoms with Gasteiger partial charge < -0.3 is 54.3 Å². The largest absolute Gasteiger partial charge is 0.394 e. The highest BCUT2D eigenvalue weighted by Gasteiger charge is 2.12. The third kappa shape index (κ3) is 19.0. The van der Waals surface area contributed by atoms with E-state index in [2.05, 4.69) is 6.58 Å². The van der Waals surface area contributed by atoms with Crippen molar-refractivity contribution in [3.8, 4) is 0 Å². The fourth-order valence-corrected chi connectivity index (χ4v) is 1.89. The van der Waals surface area contributed by atoms with Crippen LogP contribution in [0.1, 0.15) is 0 Å². The molecular weight excluding hydrogens is 392 g/mol. The van der Waals surface area contributed by atoms with Crippen LogP contribution in [0.25, 0.3) is 0 Å². The Bertz CT molecular complexity index is 372. The highest BCUT2D eigenvalue weighted by atomic mass is 16.5. The van der Waals surface area contributed by atoms with Gasteiger partial charge in [0.2, 0.25) is 0 Å². The van der Waals surface area contributed by atoms with Gasteiger partial charge in [0.1, 0.15) is 30.5 Å². The maximum atomic E-state index is 9.72. The van der Waals surface area contributed by atoms with Gasteiger partial charge in [0.15, 0.2) is 0 Å². The first kappa shape index (κ1) is 28.3. The molecule has 0 aliphatic carbocycles. The summed E-state index contributed by atoms with van der Waals surface area (Å²) in [5.41, 5.74) is 0. The first-order valence-electron chi connectivity index (χ1n) is 9.39. The van der Waals surface area contributed by atoms with Crippen LogP contribution in [0.5, 0.6) is 0 Å². The Labute approximate surface area is 171 Å². The summed E-state index contributed by atoms with van der Waals surface area (Å²) in [4.78, 5) is 0. The number of hydrogen-bond acceptors (Lipinski definition) is 11. The molecule has 0 saturated carbocycles. The van der Waals surface area contributed by atoms with Gasteiger partial charge in [-0.25, -0.2) is 0 Å². The summed E-state index contributed by atoms with van der Waals surface area (Å²) in [6, 6.07) is 0. The molecule has 0 spiro atoms. The van der Waals surface area contributed by atoms with Crippen molar-refractivity contribution >= 4 is 0 Å². The zero-order valence-corrected chi connectivity index (χ0v) is 16.7. The minimum atomic E-state index is -0.996. The Morgan fingerprint density at radius 3 is 1.07 bits per heavy atom. The molecule has 0 heterocycles. The fraction of sp³-hybridized carbons (Fsp3) is 0.889. The molecule has 0 saturated heterocycles. The second-order valence-electron chi connectivity index (χ2n) is 6.43. The molecule has 0 fully saturated rings. The van der Waals surface area contributed by atoms with E-state index in [9.17, 15) is 20.4 Å². The second kappa shape index (κ2) is 19.3. The first-order valence-corrected chi connectivity index (χ1v) is 9.39. The molecule has 0 bridgehead atoms. The van der Waals surface area contributed by atoms with Crippen molar-refractivity contribution in [2.24, 2.45) is 0 Å². The summed E-state index contributed by atoms with van der Waals surface area (Å²) in [5, 5.41) is 56.3. The van der Waals surface area contributed by atoms with E-state index in [-0.39, 0.29) is 59.5 Å². The molecule has 0 rings (SSSR count). The van der Waals surface area contributed by atoms with Crippen LogP contribution >= 0.6 is 0 Å². The van der Waals surface area contributed by atoms with Crippen LogP contribution in [-0.4, -0.2) is 134 Å². The molecule has 0 aliphatic heterocycles. The molecule has 11 nitrogen and oxygen atoms in total. The summed E-state index contributed by atoms with van der Waals surface area (Å²) in [5.74, 6) is 0. The molecule has 0 aromatic rings. The Hall–Kier alpha value is -0.700. The average Bonchev–Trinajstić information content (AvgIpc) is 2.68. The highest BCUT2D eigenvalue weighted by molar-refractivity contribution is 4.65. The summed E-state index contributed by atoms with van der Waals surface area (Å²) >= 11 is 0. The molecule has 6 N–H and O–H groups in total. The van der Waals surface area contributed by atoms with Gasteiger partial charge in [0.05, 0.1) is 72.7 Å². The number of hydrogen-bond donors (Lipinski definition) is 6. The minimum absolute atomic E-state index is 0.00959.